The van der Waals surface area contributed by atoms with Gasteiger partial charge in [-0.2, -0.15) is 13.2 Å². The van der Waals surface area contributed by atoms with E-state index < -0.39 is 11.9 Å². The second-order valence-corrected chi connectivity index (χ2v) is 6.00. The van der Waals surface area contributed by atoms with E-state index in [4.69, 9.17) is 0 Å². The number of para-hydroxylation sites is 1. The summed E-state index contributed by atoms with van der Waals surface area (Å²) in [6, 6.07) is 13.3. The van der Waals surface area contributed by atoms with Gasteiger partial charge in [0, 0.05) is 29.7 Å². The maximum absolute atomic E-state index is 13.3. The molecule has 0 atom stereocenters. The predicted octanol–water partition coefficient (Wildman–Crippen LogP) is 3.75. The lowest BCUT2D eigenvalue weighted by Crippen LogP contribution is -2.13. The minimum absolute atomic E-state index is 0.0294. The number of hydrogen-bond acceptors (Lipinski definition) is 6. The molecular weight excluding hydrogens is 383 g/mol. The number of alkyl halides is 3. The summed E-state index contributed by atoms with van der Waals surface area (Å²) in [5.41, 5.74) is 0.235. The molecule has 1 aromatic carbocycles. The van der Waals surface area contributed by atoms with Gasteiger partial charge in [0.05, 0.1) is 6.54 Å². The van der Waals surface area contributed by atoms with Crippen molar-refractivity contribution in [2.24, 2.45) is 0 Å². The molecule has 146 valence electrons. The fourth-order valence-electron chi connectivity index (χ4n) is 2.67. The Labute approximate surface area is 163 Å². The molecule has 0 aliphatic heterocycles. The van der Waals surface area contributed by atoms with E-state index in [0.717, 1.165) is 11.8 Å². The summed E-state index contributed by atoms with van der Waals surface area (Å²) >= 11 is 0. The number of benzene rings is 1. The summed E-state index contributed by atoms with van der Waals surface area (Å²) in [6.45, 7) is 0.124. The van der Waals surface area contributed by atoms with Gasteiger partial charge in [-0.15, -0.1) is 10.2 Å². The average Bonchev–Trinajstić information content (AvgIpc) is 3.21. The number of pyridine rings is 1. The van der Waals surface area contributed by atoms with E-state index >= 15 is 0 Å². The van der Waals surface area contributed by atoms with Gasteiger partial charge >= 0.3 is 6.18 Å². The van der Waals surface area contributed by atoms with E-state index in [1.807, 2.05) is 30.3 Å². The molecule has 0 aliphatic rings. The number of anilines is 1. The fourth-order valence-corrected chi connectivity index (χ4v) is 2.67. The lowest BCUT2D eigenvalue weighted by atomic mass is 10.2. The standard InChI is InChI=1S/C19H14F3N7/c20-19(21,22)15-10-16(27-18(26-15)13-6-8-23-9-7-13)24-11-17-28-25-12-29(17)14-4-2-1-3-5-14/h1-10,12H,11H2,(H,24,26,27). The van der Waals surface area contributed by atoms with Crippen LogP contribution in [0.1, 0.15) is 11.5 Å². The monoisotopic (exact) mass is 397 g/mol. The summed E-state index contributed by atoms with van der Waals surface area (Å²) < 4.78 is 41.7. The zero-order valence-electron chi connectivity index (χ0n) is 14.9. The first-order valence-corrected chi connectivity index (χ1v) is 8.55. The third-order valence-corrected chi connectivity index (χ3v) is 4.04. The summed E-state index contributed by atoms with van der Waals surface area (Å²) in [5, 5.41) is 10.8. The van der Waals surface area contributed by atoms with Gasteiger partial charge < -0.3 is 5.32 Å². The van der Waals surface area contributed by atoms with Crippen molar-refractivity contribution in [3.05, 3.63) is 78.8 Å². The molecule has 0 saturated heterocycles. The molecule has 4 aromatic rings. The van der Waals surface area contributed by atoms with Crippen LogP contribution in [0.2, 0.25) is 0 Å². The Morgan fingerprint density at radius 1 is 0.966 bits per heavy atom. The molecule has 3 aromatic heterocycles. The predicted molar refractivity (Wildman–Crippen MR) is 99.0 cm³/mol. The van der Waals surface area contributed by atoms with Crippen LogP contribution in [-0.2, 0) is 12.7 Å². The minimum Gasteiger partial charge on any atom is -0.363 e. The third kappa shape index (κ3) is 4.21. The number of rotatable bonds is 5. The molecular formula is C19H14F3N7. The van der Waals surface area contributed by atoms with Crippen molar-refractivity contribution in [2.75, 3.05) is 5.32 Å². The largest absolute Gasteiger partial charge is 0.433 e. The molecule has 0 amide bonds. The molecule has 7 nitrogen and oxygen atoms in total. The normalized spacial score (nSPS) is 11.4. The van der Waals surface area contributed by atoms with Crippen LogP contribution in [0.4, 0.5) is 19.0 Å². The Kier molecular flexibility index (Phi) is 4.90. The zero-order chi connectivity index (χ0) is 20.3. The number of halogens is 3. The molecule has 4 rings (SSSR count). The van der Waals surface area contributed by atoms with Crippen LogP contribution >= 0.6 is 0 Å². The van der Waals surface area contributed by atoms with Gasteiger partial charge in [0.25, 0.3) is 0 Å². The first-order chi connectivity index (χ1) is 14.0. The number of aromatic nitrogens is 6. The molecule has 0 saturated carbocycles. The van der Waals surface area contributed by atoms with E-state index in [0.29, 0.717) is 11.4 Å². The molecule has 0 fully saturated rings. The Morgan fingerprint density at radius 3 is 2.45 bits per heavy atom. The smallest absolute Gasteiger partial charge is 0.363 e. The fraction of sp³-hybridized carbons (Fsp3) is 0.105. The summed E-state index contributed by atoms with van der Waals surface area (Å²) in [7, 11) is 0. The number of nitrogens with one attached hydrogen (secondary N) is 1. The van der Waals surface area contributed by atoms with Gasteiger partial charge in [0.2, 0.25) is 0 Å². The highest BCUT2D eigenvalue weighted by atomic mass is 19.4. The molecule has 29 heavy (non-hydrogen) atoms. The molecule has 10 heteroatoms. The van der Waals surface area contributed by atoms with Gasteiger partial charge in [0.15, 0.2) is 17.3 Å². The van der Waals surface area contributed by atoms with E-state index in [1.54, 1.807) is 16.7 Å². The lowest BCUT2D eigenvalue weighted by Gasteiger charge is -2.12. The van der Waals surface area contributed by atoms with Crippen LogP contribution in [0, 0.1) is 0 Å². The van der Waals surface area contributed by atoms with Crippen LogP contribution < -0.4 is 5.32 Å². The van der Waals surface area contributed by atoms with Crippen LogP contribution in [0.5, 0.6) is 0 Å². The Balaban J connectivity index is 1.64. The molecule has 0 aliphatic carbocycles. The van der Waals surface area contributed by atoms with Crippen molar-refractivity contribution in [3.8, 4) is 17.1 Å². The summed E-state index contributed by atoms with van der Waals surface area (Å²) in [6.07, 6.45) is -0.135. The average molecular weight is 397 g/mol. The van der Waals surface area contributed by atoms with Crippen molar-refractivity contribution in [1.29, 1.82) is 0 Å². The second-order valence-electron chi connectivity index (χ2n) is 6.00. The maximum atomic E-state index is 13.3. The molecule has 0 bridgehead atoms. The lowest BCUT2D eigenvalue weighted by molar-refractivity contribution is -0.141. The molecule has 1 N–H and O–H groups in total. The van der Waals surface area contributed by atoms with Gasteiger partial charge in [-0.05, 0) is 24.3 Å². The van der Waals surface area contributed by atoms with E-state index in [2.05, 4.69) is 30.5 Å². The highest BCUT2D eigenvalue weighted by Gasteiger charge is 2.33. The van der Waals surface area contributed by atoms with Gasteiger partial charge in [0.1, 0.15) is 12.1 Å². The molecule has 3 heterocycles. The van der Waals surface area contributed by atoms with Crippen molar-refractivity contribution in [1.82, 2.24) is 29.7 Å². The molecule has 0 unspecified atom stereocenters. The van der Waals surface area contributed by atoms with Gasteiger partial charge in [-0.25, -0.2) is 9.97 Å². The van der Waals surface area contributed by atoms with E-state index in [9.17, 15) is 13.2 Å². The highest BCUT2D eigenvalue weighted by Crippen LogP contribution is 2.30. The maximum Gasteiger partial charge on any atom is 0.433 e. The van der Waals surface area contributed by atoms with Gasteiger partial charge in [-0.3, -0.25) is 9.55 Å². The summed E-state index contributed by atoms with van der Waals surface area (Å²) in [4.78, 5) is 11.7. The van der Waals surface area contributed by atoms with Crippen LogP contribution in [0.3, 0.4) is 0 Å². The highest BCUT2D eigenvalue weighted by molar-refractivity contribution is 5.57. The SMILES string of the molecule is FC(F)(F)c1cc(NCc2nncn2-c2ccccc2)nc(-c2ccncc2)n1. The third-order valence-electron chi connectivity index (χ3n) is 4.04. The van der Waals surface area contributed by atoms with Crippen molar-refractivity contribution >= 4 is 5.82 Å². The van der Waals surface area contributed by atoms with Crippen molar-refractivity contribution in [2.45, 2.75) is 12.7 Å². The van der Waals surface area contributed by atoms with Crippen LogP contribution in [0.25, 0.3) is 17.1 Å². The quantitative estimate of drug-likeness (QED) is 0.552. The zero-order valence-corrected chi connectivity index (χ0v) is 14.9. The number of nitrogens with zero attached hydrogens (tertiary/aromatic N) is 6. The van der Waals surface area contributed by atoms with E-state index in [1.165, 1.54) is 18.7 Å². The van der Waals surface area contributed by atoms with Gasteiger partial charge in [-0.1, -0.05) is 18.2 Å². The Morgan fingerprint density at radius 2 is 1.72 bits per heavy atom. The van der Waals surface area contributed by atoms with E-state index in [-0.39, 0.29) is 18.2 Å². The van der Waals surface area contributed by atoms with Crippen molar-refractivity contribution < 1.29 is 13.2 Å². The molecule has 0 radical (unpaired) electrons. The Hall–Kier alpha value is -3.82. The Bertz CT molecular complexity index is 1100. The first-order valence-electron chi connectivity index (χ1n) is 8.55. The number of hydrogen-bond donors (Lipinski definition) is 1. The van der Waals surface area contributed by atoms with Crippen LogP contribution in [0.15, 0.2) is 67.3 Å². The minimum atomic E-state index is -4.61. The van der Waals surface area contributed by atoms with Crippen LogP contribution in [-0.4, -0.2) is 29.7 Å². The van der Waals surface area contributed by atoms with Crippen molar-refractivity contribution in [3.63, 3.8) is 0 Å². The summed E-state index contributed by atoms with van der Waals surface area (Å²) in [5.74, 6) is 0.504. The second kappa shape index (κ2) is 7.66. The first kappa shape index (κ1) is 18.5. The molecule has 0 spiro atoms. The topological polar surface area (TPSA) is 81.4 Å².